The monoisotopic (exact) mass is 189 g/mol. The highest BCUT2D eigenvalue weighted by atomic mass is 15.8. The Morgan fingerprint density at radius 3 is 2.64 bits per heavy atom. The van der Waals surface area contributed by atoms with Crippen LogP contribution in [0, 0.1) is 5.41 Å². The molecule has 5 nitrogen and oxygen atoms in total. The van der Waals surface area contributed by atoms with Gasteiger partial charge in [-0.1, -0.05) is 30.3 Å². The van der Waals surface area contributed by atoms with E-state index in [1.54, 1.807) is 12.1 Å². The number of hydrogen-bond acceptors (Lipinski definition) is 5. The zero-order chi connectivity index (χ0) is 9.97. The van der Waals surface area contributed by atoms with Crippen LogP contribution in [-0.2, 0) is 0 Å². The fraction of sp³-hybridized carbons (Fsp3) is 0.111. The predicted octanol–water partition coefficient (Wildman–Crippen LogP) is 0.323. The fourth-order valence-electron chi connectivity index (χ4n) is 1.24. The Kier molecular flexibility index (Phi) is 2.16. The minimum Gasteiger partial charge on any atom is -0.296 e. The Balaban J connectivity index is 2.25. The van der Waals surface area contributed by atoms with Crippen LogP contribution in [0.2, 0.25) is 0 Å². The summed E-state index contributed by atoms with van der Waals surface area (Å²) in [7, 11) is 1.80. The van der Waals surface area contributed by atoms with Gasteiger partial charge in [0.25, 0.3) is 0 Å². The Morgan fingerprint density at radius 1 is 1.36 bits per heavy atom. The van der Waals surface area contributed by atoms with Crippen LogP contribution < -0.4 is 11.1 Å². The average Bonchev–Trinajstić information content (AvgIpc) is 2.65. The highest BCUT2D eigenvalue weighted by molar-refractivity contribution is 6.46. The molecule has 0 saturated heterocycles. The standard InChI is InChI=1S/C9H11N5/c1-14-9(11-12-13-14)8(10)7-5-3-2-4-6-7/h2-6,10,12-13H,1H3. The molecule has 1 aromatic rings. The van der Waals surface area contributed by atoms with Crippen LogP contribution in [0.25, 0.3) is 0 Å². The summed E-state index contributed by atoms with van der Waals surface area (Å²) < 4.78 is 0. The molecule has 72 valence electrons. The van der Waals surface area contributed by atoms with Crippen LogP contribution in [0.3, 0.4) is 0 Å². The lowest BCUT2D eigenvalue weighted by molar-refractivity contribution is 0.351. The maximum atomic E-state index is 7.90. The Labute approximate surface area is 81.9 Å². The van der Waals surface area contributed by atoms with Gasteiger partial charge in [0.2, 0.25) is 0 Å². The van der Waals surface area contributed by atoms with Crippen LogP contribution in [0.15, 0.2) is 35.4 Å². The van der Waals surface area contributed by atoms with E-state index in [2.05, 4.69) is 16.2 Å². The molecule has 0 bridgehead atoms. The number of amidine groups is 1. The van der Waals surface area contributed by atoms with E-state index in [0.29, 0.717) is 11.5 Å². The molecule has 0 fully saturated rings. The molecule has 1 heterocycles. The second-order valence-electron chi connectivity index (χ2n) is 2.96. The third kappa shape index (κ3) is 1.45. The number of nitrogens with one attached hydrogen (secondary N) is 3. The van der Waals surface area contributed by atoms with Gasteiger partial charge in [-0.15, -0.1) is 10.6 Å². The van der Waals surface area contributed by atoms with Crippen molar-refractivity contribution in [3.63, 3.8) is 0 Å². The number of likely N-dealkylation sites (N-methyl/N-ethyl adjacent to an activating group) is 1. The van der Waals surface area contributed by atoms with Gasteiger partial charge in [-0.05, 0) is 0 Å². The van der Waals surface area contributed by atoms with Gasteiger partial charge in [-0.2, -0.15) is 0 Å². The molecule has 5 heteroatoms. The largest absolute Gasteiger partial charge is 0.296 e. The van der Waals surface area contributed by atoms with Crippen molar-refractivity contribution in [3.05, 3.63) is 35.9 Å². The summed E-state index contributed by atoms with van der Waals surface area (Å²) in [4.78, 5) is 0. The summed E-state index contributed by atoms with van der Waals surface area (Å²) in [5.41, 5.74) is 6.60. The third-order valence-electron chi connectivity index (χ3n) is 1.98. The molecule has 0 radical (unpaired) electrons. The number of nitrogens with zero attached hydrogens (tertiary/aromatic N) is 2. The van der Waals surface area contributed by atoms with Crippen LogP contribution in [0.5, 0.6) is 0 Å². The smallest absolute Gasteiger partial charge is 0.191 e. The van der Waals surface area contributed by atoms with Gasteiger partial charge in [-0.3, -0.25) is 10.4 Å². The minimum absolute atomic E-state index is 0.394. The van der Waals surface area contributed by atoms with Crippen molar-refractivity contribution in [2.75, 3.05) is 7.05 Å². The molecule has 0 atom stereocenters. The quantitative estimate of drug-likeness (QED) is 0.587. The molecular formula is C9H11N5. The molecule has 1 aromatic carbocycles. The van der Waals surface area contributed by atoms with Crippen LogP contribution in [0.4, 0.5) is 0 Å². The van der Waals surface area contributed by atoms with Crippen LogP contribution >= 0.6 is 0 Å². The Hall–Kier alpha value is -1.88. The Morgan fingerprint density at radius 2 is 2.07 bits per heavy atom. The SMILES string of the molecule is CN1NNN=C1C(=N)c1ccccc1. The lowest BCUT2D eigenvalue weighted by Crippen LogP contribution is -2.40. The van der Waals surface area contributed by atoms with Crippen molar-refractivity contribution in [2.24, 2.45) is 5.10 Å². The second-order valence-corrected chi connectivity index (χ2v) is 2.96. The number of hydrazone groups is 1. The van der Waals surface area contributed by atoms with E-state index in [9.17, 15) is 0 Å². The molecule has 0 aromatic heterocycles. The van der Waals surface area contributed by atoms with Gasteiger partial charge < -0.3 is 0 Å². The maximum Gasteiger partial charge on any atom is 0.191 e. The van der Waals surface area contributed by atoms with Crippen molar-refractivity contribution in [1.29, 1.82) is 5.41 Å². The zero-order valence-corrected chi connectivity index (χ0v) is 7.78. The number of rotatable bonds is 2. The molecular weight excluding hydrogens is 178 g/mol. The highest BCUT2D eigenvalue weighted by Crippen LogP contribution is 2.03. The van der Waals surface area contributed by atoms with Crippen LogP contribution in [0.1, 0.15) is 5.56 Å². The van der Waals surface area contributed by atoms with E-state index in [1.807, 2.05) is 30.3 Å². The zero-order valence-electron chi connectivity index (χ0n) is 7.78. The summed E-state index contributed by atoms with van der Waals surface area (Å²) in [5.74, 6) is 0.580. The van der Waals surface area contributed by atoms with Gasteiger partial charge in [0, 0.05) is 12.6 Å². The molecule has 14 heavy (non-hydrogen) atoms. The lowest BCUT2D eigenvalue weighted by atomic mass is 10.1. The van der Waals surface area contributed by atoms with Crippen molar-refractivity contribution >= 4 is 11.5 Å². The Bertz CT molecular complexity index is 370. The lowest BCUT2D eigenvalue weighted by Gasteiger charge is -2.12. The number of hydrazine groups is 2. The summed E-state index contributed by atoms with van der Waals surface area (Å²) in [6.07, 6.45) is 0. The number of benzene rings is 1. The molecule has 0 unspecified atom stereocenters. The predicted molar refractivity (Wildman–Crippen MR) is 54.7 cm³/mol. The first-order valence-corrected chi connectivity index (χ1v) is 4.25. The highest BCUT2D eigenvalue weighted by Gasteiger charge is 2.17. The van der Waals surface area contributed by atoms with Crippen LogP contribution in [-0.4, -0.2) is 23.6 Å². The van der Waals surface area contributed by atoms with E-state index in [0.717, 1.165) is 5.56 Å². The van der Waals surface area contributed by atoms with E-state index >= 15 is 0 Å². The van der Waals surface area contributed by atoms with E-state index < -0.39 is 0 Å². The molecule has 0 aliphatic carbocycles. The maximum absolute atomic E-state index is 7.90. The van der Waals surface area contributed by atoms with Crippen molar-refractivity contribution in [1.82, 2.24) is 16.1 Å². The van der Waals surface area contributed by atoms with Crippen molar-refractivity contribution < 1.29 is 0 Å². The molecule has 0 saturated carbocycles. The summed E-state index contributed by atoms with van der Waals surface area (Å²) in [5, 5.41) is 13.5. The van der Waals surface area contributed by atoms with Crippen molar-refractivity contribution in [3.8, 4) is 0 Å². The van der Waals surface area contributed by atoms with Crippen molar-refractivity contribution in [2.45, 2.75) is 0 Å². The first kappa shape index (κ1) is 8.71. The van der Waals surface area contributed by atoms with Gasteiger partial charge in [0.1, 0.15) is 5.71 Å². The normalized spacial score (nSPS) is 14.9. The van der Waals surface area contributed by atoms with E-state index in [-0.39, 0.29) is 0 Å². The second kappa shape index (κ2) is 3.47. The first-order chi connectivity index (χ1) is 6.79. The number of hydrogen-bond donors (Lipinski definition) is 3. The molecule has 3 N–H and O–H groups in total. The van der Waals surface area contributed by atoms with Gasteiger partial charge in [0.15, 0.2) is 5.84 Å². The van der Waals surface area contributed by atoms with Gasteiger partial charge in [-0.25, -0.2) is 5.53 Å². The first-order valence-electron chi connectivity index (χ1n) is 4.25. The third-order valence-corrected chi connectivity index (χ3v) is 1.98. The molecule has 1 aliphatic heterocycles. The van der Waals surface area contributed by atoms with E-state index in [1.165, 1.54) is 0 Å². The summed E-state index contributed by atoms with van der Waals surface area (Å²) >= 11 is 0. The van der Waals surface area contributed by atoms with E-state index in [4.69, 9.17) is 5.41 Å². The average molecular weight is 189 g/mol. The summed E-state index contributed by atoms with van der Waals surface area (Å²) in [6.45, 7) is 0. The topological polar surface area (TPSA) is 63.5 Å². The molecule has 0 amide bonds. The van der Waals surface area contributed by atoms with Gasteiger partial charge >= 0.3 is 0 Å². The van der Waals surface area contributed by atoms with Gasteiger partial charge in [0.05, 0.1) is 0 Å². The molecule has 1 aliphatic rings. The minimum atomic E-state index is 0.394. The fourth-order valence-corrected chi connectivity index (χ4v) is 1.24. The molecule has 0 spiro atoms. The summed E-state index contributed by atoms with van der Waals surface area (Å²) in [6, 6.07) is 9.50. The molecule has 2 rings (SSSR count).